The molecule has 4 atom stereocenters. The lowest BCUT2D eigenvalue weighted by Crippen LogP contribution is -2.55. The molecule has 1 fully saturated rings. The molecule has 0 saturated carbocycles. The molecular formula is C21H27NO3. The van der Waals surface area contributed by atoms with Gasteiger partial charge in [-0.1, -0.05) is 60.7 Å². The summed E-state index contributed by atoms with van der Waals surface area (Å²) < 4.78 is 11.1. The Bertz CT molecular complexity index is 593. The molecule has 2 unspecified atom stereocenters. The maximum Gasteiger partial charge on any atom is 0.184 e. The van der Waals surface area contributed by atoms with E-state index in [9.17, 15) is 5.11 Å². The van der Waals surface area contributed by atoms with Crippen LogP contribution in [0.2, 0.25) is 0 Å². The Morgan fingerprint density at radius 3 is 2.00 bits per heavy atom. The molecule has 1 aliphatic heterocycles. The Morgan fingerprint density at radius 1 is 1.00 bits per heavy atom. The van der Waals surface area contributed by atoms with Crippen molar-refractivity contribution in [1.29, 1.82) is 0 Å². The van der Waals surface area contributed by atoms with E-state index in [4.69, 9.17) is 9.47 Å². The second-order valence-electron chi connectivity index (χ2n) is 6.72. The molecule has 0 aromatic heterocycles. The monoisotopic (exact) mass is 341 g/mol. The van der Waals surface area contributed by atoms with Crippen LogP contribution in [0.15, 0.2) is 60.7 Å². The van der Waals surface area contributed by atoms with Gasteiger partial charge in [0, 0.05) is 26.2 Å². The van der Waals surface area contributed by atoms with Crippen molar-refractivity contribution in [3.05, 3.63) is 71.8 Å². The summed E-state index contributed by atoms with van der Waals surface area (Å²) in [6.07, 6.45) is -0.426. The summed E-state index contributed by atoms with van der Waals surface area (Å²) in [7, 11) is 1.59. The summed E-state index contributed by atoms with van der Waals surface area (Å²) >= 11 is 0. The molecule has 25 heavy (non-hydrogen) atoms. The van der Waals surface area contributed by atoms with E-state index in [1.54, 1.807) is 7.11 Å². The number of hydrogen-bond acceptors (Lipinski definition) is 4. The van der Waals surface area contributed by atoms with E-state index in [0.717, 1.165) is 19.5 Å². The SMILES string of the molecule is CO[C@@H]1O[C@H](C)CC(N(Cc2ccccc2)Cc2ccccc2)C1O. The predicted octanol–water partition coefficient (Wildman–Crippen LogP) is 3.20. The summed E-state index contributed by atoms with van der Waals surface area (Å²) in [4.78, 5) is 2.33. The van der Waals surface area contributed by atoms with E-state index >= 15 is 0 Å². The zero-order valence-corrected chi connectivity index (χ0v) is 14.9. The van der Waals surface area contributed by atoms with Crippen molar-refractivity contribution in [2.45, 2.75) is 51.0 Å². The highest BCUT2D eigenvalue weighted by Gasteiger charge is 2.39. The minimum atomic E-state index is -0.673. The lowest BCUT2D eigenvalue weighted by molar-refractivity contribution is -0.246. The first-order valence-corrected chi connectivity index (χ1v) is 8.85. The number of rotatable bonds is 6. The molecule has 1 heterocycles. The van der Waals surface area contributed by atoms with Crippen LogP contribution < -0.4 is 0 Å². The molecule has 4 heteroatoms. The summed E-state index contributed by atoms with van der Waals surface area (Å²) in [5, 5.41) is 10.8. The van der Waals surface area contributed by atoms with Gasteiger partial charge in [-0.2, -0.15) is 0 Å². The fourth-order valence-corrected chi connectivity index (χ4v) is 3.51. The van der Waals surface area contributed by atoms with Gasteiger partial charge in [0.15, 0.2) is 6.29 Å². The smallest absolute Gasteiger partial charge is 0.184 e. The van der Waals surface area contributed by atoms with Crippen LogP contribution in [0.4, 0.5) is 0 Å². The highest BCUT2D eigenvalue weighted by Crippen LogP contribution is 2.27. The van der Waals surface area contributed by atoms with Crippen LogP contribution in [0.5, 0.6) is 0 Å². The van der Waals surface area contributed by atoms with Crippen LogP contribution in [-0.4, -0.2) is 41.7 Å². The van der Waals surface area contributed by atoms with Crippen LogP contribution in [0.1, 0.15) is 24.5 Å². The van der Waals surface area contributed by atoms with Gasteiger partial charge in [0.25, 0.3) is 0 Å². The highest BCUT2D eigenvalue weighted by molar-refractivity contribution is 5.17. The van der Waals surface area contributed by atoms with Crippen LogP contribution in [0.3, 0.4) is 0 Å². The van der Waals surface area contributed by atoms with Crippen molar-refractivity contribution >= 4 is 0 Å². The zero-order valence-electron chi connectivity index (χ0n) is 14.9. The average molecular weight is 341 g/mol. The lowest BCUT2D eigenvalue weighted by Gasteiger charge is -2.43. The Kier molecular flexibility index (Phi) is 6.21. The fraction of sp³-hybridized carbons (Fsp3) is 0.429. The molecule has 0 spiro atoms. The van der Waals surface area contributed by atoms with Crippen molar-refractivity contribution in [3.8, 4) is 0 Å². The van der Waals surface area contributed by atoms with E-state index in [2.05, 4.69) is 53.4 Å². The van der Waals surface area contributed by atoms with E-state index < -0.39 is 12.4 Å². The lowest BCUT2D eigenvalue weighted by atomic mass is 9.97. The quantitative estimate of drug-likeness (QED) is 0.876. The Balaban J connectivity index is 1.84. The van der Waals surface area contributed by atoms with E-state index in [1.165, 1.54) is 11.1 Å². The highest BCUT2D eigenvalue weighted by atomic mass is 16.7. The number of nitrogens with zero attached hydrogens (tertiary/aromatic N) is 1. The molecule has 2 aromatic carbocycles. The van der Waals surface area contributed by atoms with Crippen molar-refractivity contribution in [2.24, 2.45) is 0 Å². The van der Waals surface area contributed by atoms with Gasteiger partial charge in [-0.3, -0.25) is 4.90 Å². The third-order valence-corrected chi connectivity index (χ3v) is 4.77. The molecule has 1 saturated heterocycles. The molecular weight excluding hydrogens is 314 g/mol. The minimum Gasteiger partial charge on any atom is -0.386 e. The van der Waals surface area contributed by atoms with Gasteiger partial charge in [0.05, 0.1) is 6.10 Å². The summed E-state index contributed by atoms with van der Waals surface area (Å²) in [6.45, 7) is 3.59. The normalized spacial score (nSPS) is 26.7. The van der Waals surface area contributed by atoms with Gasteiger partial charge >= 0.3 is 0 Å². The molecule has 1 aliphatic rings. The molecule has 2 aromatic rings. The first-order chi connectivity index (χ1) is 12.2. The van der Waals surface area contributed by atoms with Crippen molar-refractivity contribution in [1.82, 2.24) is 4.90 Å². The standard InChI is InChI=1S/C21H27NO3/c1-16-13-19(20(23)21(24-2)25-16)22(14-17-9-5-3-6-10-17)15-18-11-7-4-8-12-18/h3-12,16,19-21,23H,13-15H2,1-2H3/t16-,19?,20?,21-/m1/s1. The molecule has 0 amide bonds. The summed E-state index contributed by atoms with van der Waals surface area (Å²) in [6, 6.07) is 20.7. The van der Waals surface area contributed by atoms with Crippen molar-refractivity contribution in [2.75, 3.05) is 7.11 Å². The molecule has 3 rings (SSSR count). The number of hydrogen-bond donors (Lipinski definition) is 1. The van der Waals surface area contributed by atoms with Crippen LogP contribution >= 0.6 is 0 Å². The maximum absolute atomic E-state index is 10.8. The minimum absolute atomic E-state index is 0.0193. The first kappa shape index (κ1) is 18.1. The van der Waals surface area contributed by atoms with Gasteiger partial charge in [0.2, 0.25) is 0 Å². The number of aliphatic hydroxyl groups excluding tert-OH is 1. The predicted molar refractivity (Wildman–Crippen MR) is 97.9 cm³/mol. The molecule has 4 nitrogen and oxygen atoms in total. The first-order valence-electron chi connectivity index (χ1n) is 8.85. The Morgan fingerprint density at radius 2 is 1.52 bits per heavy atom. The van der Waals surface area contributed by atoms with Gasteiger partial charge < -0.3 is 14.6 Å². The number of methoxy groups -OCH3 is 1. The van der Waals surface area contributed by atoms with Crippen LogP contribution in [-0.2, 0) is 22.6 Å². The molecule has 1 N–H and O–H groups in total. The van der Waals surface area contributed by atoms with Crippen LogP contribution in [0, 0.1) is 0 Å². The van der Waals surface area contributed by atoms with E-state index in [-0.39, 0.29) is 12.1 Å². The van der Waals surface area contributed by atoms with Gasteiger partial charge in [-0.25, -0.2) is 0 Å². The molecule has 0 aliphatic carbocycles. The fourth-order valence-electron chi connectivity index (χ4n) is 3.51. The Labute approximate surface area is 150 Å². The largest absolute Gasteiger partial charge is 0.386 e. The van der Waals surface area contributed by atoms with Gasteiger partial charge in [-0.15, -0.1) is 0 Å². The molecule has 134 valence electrons. The van der Waals surface area contributed by atoms with Crippen molar-refractivity contribution in [3.63, 3.8) is 0 Å². The number of ether oxygens (including phenoxy) is 2. The zero-order chi connectivity index (χ0) is 17.6. The van der Waals surface area contributed by atoms with Crippen LogP contribution in [0.25, 0.3) is 0 Å². The van der Waals surface area contributed by atoms with E-state index in [1.807, 2.05) is 19.1 Å². The summed E-state index contributed by atoms with van der Waals surface area (Å²) in [5.74, 6) is 0. The second-order valence-corrected chi connectivity index (χ2v) is 6.72. The second kappa shape index (κ2) is 8.59. The average Bonchev–Trinajstić information content (AvgIpc) is 2.64. The third kappa shape index (κ3) is 4.67. The number of aliphatic hydroxyl groups is 1. The van der Waals surface area contributed by atoms with Gasteiger partial charge in [-0.05, 0) is 24.5 Å². The Hall–Kier alpha value is -1.72. The molecule has 0 bridgehead atoms. The topological polar surface area (TPSA) is 41.9 Å². The summed E-state index contributed by atoms with van der Waals surface area (Å²) in [5.41, 5.74) is 2.47. The van der Waals surface area contributed by atoms with Crippen molar-refractivity contribution < 1.29 is 14.6 Å². The van der Waals surface area contributed by atoms with E-state index in [0.29, 0.717) is 0 Å². The van der Waals surface area contributed by atoms with Gasteiger partial charge in [0.1, 0.15) is 6.10 Å². The maximum atomic E-state index is 10.8. The third-order valence-electron chi connectivity index (χ3n) is 4.77. The number of benzene rings is 2. The molecule has 0 radical (unpaired) electrons.